The third-order valence-electron chi connectivity index (χ3n) is 4.48. The molecule has 0 aliphatic heterocycles. The summed E-state index contributed by atoms with van der Waals surface area (Å²) >= 11 is 0. The first-order chi connectivity index (χ1) is 9.42. The van der Waals surface area contributed by atoms with E-state index in [1.54, 1.807) is 11.1 Å². The molecule has 0 spiro atoms. The van der Waals surface area contributed by atoms with Crippen LogP contribution >= 0.6 is 0 Å². The van der Waals surface area contributed by atoms with Crippen LogP contribution in [0, 0.1) is 0 Å². The summed E-state index contributed by atoms with van der Waals surface area (Å²) in [5.74, 6) is 0. The van der Waals surface area contributed by atoms with Gasteiger partial charge in [-0.25, -0.2) is 0 Å². The van der Waals surface area contributed by atoms with Crippen LogP contribution in [0.4, 0.5) is 0 Å². The van der Waals surface area contributed by atoms with Gasteiger partial charge >= 0.3 is 0 Å². The van der Waals surface area contributed by atoms with E-state index >= 15 is 0 Å². The lowest BCUT2D eigenvalue weighted by molar-refractivity contribution is 0.704. The van der Waals surface area contributed by atoms with Crippen molar-refractivity contribution in [3.8, 4) is 0 Å². The molecule has 0 N–H and O–H groups in total. The fourth-order valence-electron chi connectivity index (χ4n) is 3.45. The second-order valence-electron chi connectivity index (χ2n) is 5.68. The third-order valence-corrected chi connectivity index (χ3v) is 4.48. The van der Waals surface area contributed by atoms with Crippen LogP contribution < -0.4 is 0 Å². The molecule has 2 aliphatic rings. The van der Waals surface area contributed by atoms with Gasteiger partial charge in [0, 0.05) is 0 Å². The number of fused-ring (bicyclic) bond motifs is 3. The molecule has 0 heteroatoms. The highest BCUT2D eigenvalue weighted by atomic mass is 14.2. The van der Waals surface area contributed by atoms with Gasteiger partial charge in [0.1, 0.15) is 0 Å². The van der Waals surface area contributed by atoms with Crippen molar-refractivity contribution in [2.45, 2.75) is 32.1 Å². The SMILES string of the molecule is C1=C(C2=Cc3ccc4ccccc4c3C2)CCCC1. The molecule has 0 bridgehead atoms. The van der Waals surface area contributed by atoms with Crippen molar-refractivity contribution in [3.05, 3.63) is 64.7 Å². The maximum atomic E-state index is 2.46. The second kappa shape index (κ2) is 4.38. The molecule has 0 aromatic heterocycles. The molecule has 19 heavy (non-hydrogen) atoms. The van der Waals surface area contributed by atoms with E-state index in [2.05, 4.69) is 48.6 Å². The lowest BCUT2D eigenvalue weighted by Gasteiger charge is -2.13. The molecule has 2 aromatic carbocycles. The Hall–Kier alpha value is -1.82. The van der Waals surface area contributed by atoms with Crippen LogP contribution in [0.15, 0.2) is 53.6 Å². The second-order valence-corrected chi connectivity index (χ2v) is 5.68. The topological polar surface area (TPSA) is 0 Å². The predicted octanol–water partition coefficient (Wildman–Crippen LogP) is 5.28. The highest BCUT2D eigenvalue weighted by Gasteiger charge is 2.18. The molecular formula is C19H18. The fourth-order valence-corrected chi connectivity index (χ4v) is 3.45. The zero-order chi connectivity index (χ0) is 12.7. The van der Waals surface area contributed by atoms with Crippen LogP contribution in [0.5, 0.6) is 0 Å². The molecule has 0 nitrogen and oxygen atoms in total. The molecule has 0 fully saturated rings. The summed E-state index contributed by atoms with van der Waals surface area (Å²) in [4.78, 5) is 0. The molecular weight excluding hydrogens is 228 g/mol. The van der Waals surface area contributed by atoms with E-state index in [4.69, 9.17) is 0 Å². The Morgan fingerprint density at radius 3 is 2.68 bits per heavy atom. The Kier molecular flexibility index (Phi) is 2.55. The highest BCUT2D eigenvalue weighted by Crippen LogP contribution is 2.37. The van der Waals surface area contributed by atoms with Gasteiger partial charge in [0.15, 0.2) is 0 Å². The molecule has 0 saturated carbocycles. The van der Waals surface area contributed by atoms with E-state index < -0.39 is 0 Å². The largest absolute Gasteiger partial charge is 0.0810 e. The zero-order valence-corrected chi connectivity index (χ0v) is 11.2. The fraction of sp³-hybridized carbons (Fsp3) is 0.263. The van der Waals surface area contributed by atoms with Gasteiger partial charge in [-0.05, 0) is 65.1 Å². The van der Waals surface area contributed by atoms with E-state index in [-0.39, 0.29) is 0 Å². The van der Waals surface area contributed by atoms with Crippen molar-refractivity contribution in [1.29, 1.82) is 0 Å². The van der Waals surface area contributed by atoms with E-state index in [0.29, 0.717) is 0 Å². The average Bonchev–Trinajstić information content (AvgIpc) is 2.93. The minimum atomic E-state index is 1.13. The maximum Gasteiger partial charge on any atom is -0.00108 e. The van der Waals surface area contributed by atoms with Gasteiger partial charge in [-0.3, -0.25) is 0 Å². The first-order valence-corrected chi connectivity index (χ1v) is 7.32. The van der Waals surface area contributed by atoms with Crippen LogP contribution in [-0.4, -0.2) is 0 Å². The molecule has 4 rings (SSSR count). The minimum absolute atomic E-state index is 1.13. The molecule has 2 aliphatic carbocycles. The summed E-state index contributed by atoms with van der Waals surface area (Å²) in [6.45, 7) is 0. The molecule has 0 atom stereocenters. The van der Waals surface area contributed by atoms with Crippen molar-refractivity contribution in [2.75, 3.05) is 0 Å². The van der Waals surface area contributed by atoms with Crippen molar-refractivity contribution < 1.29 is 0 Å². The Labute approximate surface area is 114 Å². The summed E-state index contributed by atoms with van der Waals surface area (Å²) in [6.07, 6.45) is 11.3. The van der Waals surface area contributed by atoms with Crippen LogP contribution in [0.25, 0.3) is 16.8 Å². The first-order valence-electron chi connectivity index (χ1n) is 7.32. The Morgan fingerprint density at radius 2 is 1.79 bits per heavy atom. The van der Waals surface area contributed by atoms with Crippen molar-refractivity contribution >= 4 is 16.8 Å². The molecule has 2 aromatic rings. The summed E-state index contributed by atoms with van der Waals surface area (Å²) in [6, 6.07) is 13.3. The highest BCUT2D eigenvalue weighted by molar-refractivity contribution is 5.91. The van der Waals surface area contributed by atoms with Gasteiger partial charge < -0.3 is 0 Å². The maximum absolute atomic E-state index is 2.46. The number of rotatable bonds is 1. The summed E-state index contributed by atoms with van der Waals surface area (Å²) in [5.41, 5.74) is 6.12. The zero-order valence-electron chi connectivity index (χ0n) is 11.2. The Balaban J connectivity index is 1.79. The predicted molar refractivity (Wildman–Crippen MR) is 82.2 cm³/mol. The molecule has 94 valence electrons. The van der Waals surface area contributed by atoms with Gasteiger partial charge in [0.05, 0.1) is 0 Å². The Morgan fingerprint density at radius 1 is 0.842 bits per heavy atom. The van der Waals surface area contributed by atoms with Crippen LogP contribution in [0.3, 0.4) is 0 Å². The van der Waals surface area contributed by atoms with Gasteiger partial charge in [-0.15, -0.1) is 0 Å². The number of benzene rings is 2. The summed E-state index contributed by atoms with van der Waals surface area (Å²) in [7, 11) is 0. The van der Waals surface area contributed by atoms with Gasteiger partial charge in [0.25, 0.3) is 0 Å². The summed E-state index contributed by atoms with van der Waals surface area (Å²) in [5, 5.41) is 2.80. The molecule has 0 saturated heterocycles. The average molecular weight is 246 g/mol. The molecule has 0 amide bonds. The third kappa shape index (κ3) is 1.83. The van der Waals surface area contributed by atoms with E-state index in [0.717, 1.165) is 6.42 Å². The van der Waals surface area contributed by atoms with E-state index in [9.17, 15) is 0 Å². The van der Waals surface area contributed by atoms with Gasteiger partial charge in [-0.1, -0.05) is 48.6 Å². The van der Waals surface area contributed by atoms with Crippen molar-refractivity contribution in [3.63, 3.8) is 0 Å². The molecule has 0 radical (unpaired) electrons. The van der Waals surface area contributed by atoms with E-state index in [1.807, 2.05) is 0 Å². The van der Waals surface area contributed by atoms with Gasteiger partial charge in [0.2, 0.25) is 0 Å². The molecule has 0 heterocycles. The normalized spacial score (nSPS) is 18.1. The van der Waals surface area contributed by atoms with Gasteiger partial charge in [-0.2, -0.15) is 0 Å². The Bertz CT molecular complexity index is 701. The number of hydrogen-bond acceptors (Lipinski definition) is 0. The number of hydrogen-bond donors (Lipinski definition) is 0. The van der Waals surface area contributed by atoms with E-state index in [1.165, 1.54) is 47.6 Å². The summed E-state index contributed by atoms with van der Waals surface area (Å²) < 4.78 is 0. The quantitative estimate of drug-likeness (QED) is 0.642. The lowest BCUT2D eigenvalue weighted by atomic mass is 9.92. The molecule has 0 unspecified atom stereocenters. The lowest BCUT2D eigenvalue weighted by Crippen LogP contribution is -1.96. The van der Waals surface area contributed by atoms with Crippen LogP contribution in [0.2, 0.25) is 0 Å². The first kappa shape index (κ1) is 11.0. The van der Waals surface area contributed by atoms with Crippen molar-refractivity contribution in [2.24, 2.45) is 0 Å². The van der Waals surface area contributed by atoms with Crippen LogP contribution in [0.1, 0.15) is 36.8 Å². The monoisotopic (exact) mass is 246 g/mol. The number of allylic oxidation sites excluding steroid dienone is 3. The van der Waals surface area contributed by atoms with Crippen LogP contribution in [-0.2, 0) is 6.42 Å². The minimum Gasteiger partial charge on any atom is -0.0810 e. The standard InChI is InChI=1S/C19H18/c1-2-6-14(7-3-1)17-12-16-11-10-15-8-4-5-9-18(15)19(16)13-17/h4-6,8-12H,1-3,7,13H2. The smallest absolute Gasteiger partial charge is 0.00108 e. The van der Waals surface area contributed by atoms with Crippen molar-refractivity contribution in [1.82, 2.24) is 0 Å².